The summed E-state index contributed by atoms with van der Waals surface area (Å²) in [6.07, 6.45) is 9.63. The van der Waals surface area contributed by atoms with E-state index in [9.17, 15) is 14.4 Å². The molecule has 0 aliphatic heterocycles. The van der Waals surface area contributed by atoms with Crippen molar-refractivity contribution < 1.29 is 19.1 Å². The van der Waals surface area contributed by atoms with E-state index in [-0.39, 0.29) is 33.5 Å². The Bertz CT molecular complexity index is 1020. The predicted molar refractivity (Wildman–Crippen MR) is 149 cm³/mol. The summed E-state index contributed by atoms with van der Waals surface area (Å²) in [6, 6.07) is 0. The monoisotopic (exact) mass is 527 g/mol. The van der Waals surface area contributed by atoms with Crippen LogP contribution in [0.2, 0.25) is 0 Å². The molecule has 0 radical (unpaired) electrons. The molecule has 5 aliphatic rings. The Hall–Kier alpha value is -1.39. The highest BCUT2D eigenvalue weighted by Crippen LogP contribution is 2.77. The number of carbonyl (C=O) groups excluding carboxylic acids is 3. The molecule has 5 aliphatic carbocycles. The van der Waals surface area contributed by atoms with Gasteiger partial charge in [-0.25, -0.2) is 4.79 Å². The zero-order valence-electron chi connectivity index (χ0n) is 25.6. The third-order valence-electron chi connectivity index (χ3n) is 14.0. The van der Waals surface area contributed by atoms with Gasteiger partial charge in [-0.3, -0.25) is 9.59 Å². The first-order chi connectivity index (χ1) is 17.6. The smallest absolute Gasteiger partial charge is 0.376 e. The zero-order chi connectivity index (χ0) is 28.1. The number of fused-ring (bicyclic) bond motifs is 7. The lowest BCUT2D eigenvalue weighted by Crippen LogP contribution is -2.67. The lowest BCUT2D eigenvalue weighted by atomic mass is 9.32. The van der Waals surface area contributed by atoms with E-state index in [0.717, 1.165) is 51.4 Å². The second-order valence-corrected chi connectivity index (χ2v) is 16.0. The van der Waals surface area contributed by atoms with Gasteiger partial charge in [-0.15, -0.1) is 0 Å². The van der Waals surface area contributed by atoms with E-state index < -0.39 is 11.5 Å². The fourth-order valence-corrected chi connectivity index (χ4v) is 11.8. The fourth-order valence-electron chi connectivity index (χ4n) is 11.8. The summed E-state index contributed by atoms with van der Waals surface area (Å²) >= 11 is 0. The molecule has 1 amide bonds. The molecule has 0 bridgehead atoms. The molecular formula is C33H53NO4. The molecule has 5 fully saturated rings. The minimum absolute atomic E-state index is 0.146. The number of esters is 1. The molecule has 214 valence electrons. The predicted octanol–water partition coefficient (Wildman–Crippen LogP) is 7.52. The van der Waals surface area contributed by atoms with E-state index in [1.165, 1.54) is 17.7 Å². The first-order valence-corrected chi connectivity index (χ1v) is 15.5. The van der Waals surface area contributed by atoms with Gasteiger partial charge in [-0.2, -0.15) is 0 Å². The molecular weight excluding hydrogens is 474 g/mol. The van der Waals surface area contributed by atoms with Crippen molar-refractivity contribution in [3.05, 3.63) is 0 Å². The molecule has 0 aromatic rings. The second-order valence-electron chi connectivity index (χ2n) is 16.0. The van der Waals surface area contributed by atoms with Crippen LogP contribution in [-0.4, -0.2) is 36.8 Å². The highest BCUT2D eigenvalue weighted by atomic mass is 16.6. The van der Waals surface area contributed by atoms with Crippen LogP contribution in [0.5, 0.6) is 0 Å². The first-order valence-electron chi connectivity index (χ1n) is 15.5. The van der Waals surface area contributed by atoms with Crippen LogP contribution < -0.4 is 0 Å². The number of carbonyl (C=O) groups is 3. The molecule has 5 saturated carbocycles. The molecule has 0 aromatic heterocycles. The van der Waals surface area contributed by atoms with Crippen LogP contribution in [0.1, 0.15) is 113 Å². The number of Topliss-reactive ketones (excluding diaryl/α,β-unsaturated/α-hetero) is 1. The summed E-state index contributed by atoms with van der Waals surface area (Å²) < 4.78 is 5.56. The quantitative estimate of drug-likeness (QED) is 0.275. The maximum Gasteiger partial charge on any atom is 0.417 e. The van der Waals surface area contributed by atoms with E-state index in [0.29, 0.717) is 35.4 Å². The van der Waals surface area contributed by atoms with E-state index >= 15 is 0 Å². The van der Waals surface area contributed by atoms with Crippen molar-refractivity contribution >= 4 is 17.8 Å². The van der Waals surface area contributed by atoms with E-state index in [1.807, 2.05) is 0 Å². The van der Waals surface area contributed by atoms with Gasteiger partial charge in [-0.1, -0.05) is 48.5 Å². The molecule has 9 atom stereocenters. The molecule has 5 nitrogen and oxygen atoms in total. The van der Waals surface area contributed by atoms with E-state index in [1.54, 1.807) is 14.1 Å². The Balaban J connectivity index is 1.53. The number of hydrogen-bond acceptors (Lipinski definition) is 4. The Labute approximate surface area is 231 Å². The number of ketones is 1. The number of amides is 1. The normalized spacial score (nSPS) is 47.4. The average Bonchev–Trinajstić information content (AvgIpc) is 3.23. The molecule has 38 heavy (non-hydrogen) atoms. The lowest BCUT2D eigenvalue weighted by Gasteiger charge is -2.72. The van der Waals surface area contributed by atoms with Crippen molar-refractivity contribution in [2.24, 2.45) is 62.6 Å². The van der Waals surface area contributed by atoms with Crippen molar-refractivity contribution in [3.63, 3.8) is 0 Å². The van der Waals surface area contributed by atoms with Crippen LogP contribution in [0.4, 0.5) is 4.79 Å². The van der Waals surface area contributed by atoms with Crippen LogP contribution in [0.3, 0.4) is 0 Å². The van der Waals surface area contributed by atoms with Gasteiger partial charge in [-0.05, 0) is 110 Å². The number of hydrogen-bond donors (Lipinski definition) is 0. The van der Waals surface area contributed by atoms with Crippen LogP contribution in [0.25, 0.3) is 0 Å². The van der Waals surface area contributed by atoms with Crippen molar-refractivity contribution in [1.29, 1.82) is 0 Å². The summed E-state index contributed by atoms with van der Waals surface area (Å²) in [5.41, 5.74) is -0.236. The maximum atomic E-state index is 13.9. The number of ether oxygens (including phenoxy) is 1. The van der Waals surface area contributed by atoms with Crippen molar-refractivity contribution in [2.45, 2.75) is 113 Å². The largest absolute Gasteiger partial charge is 0.417 e. The van der Waals surface area contributed by atoms with Gasteiger partial charge in [0.25, 0.3) is 0 Å². The Morgan fingerprint density at radius 1 is 0.842 bits per heavy atom. The summed E-state index contributed by atoms with van der Waals surface area (Å²) in [7, 11) is 3.29. The third kappa shape index (κ3) is 3.51. The summed E-state index contributed by atoms with van der Waals surface area (Å²) in [5.74, 6) is 2.99. The molecule has 0 heterocycles. The van der Waals surface area contributed by atoms with Gasteiger partial charge < -0.3 is 9.64 Å². The van der Waals surface area contributed by atoms with Gasteiger partial charge in [0.05, 0.1) is 5.41 Å². The SMILES string of the molecule is CC(C)[C@@H]1CC[C@]2(C(=O)OC(=O)N(C)C)CC[C@]3(C)[C@H](CC[C@@H]4[C@@]5(C)CCC(=O)C(C)(C)[C@@H]5CC[C@]43C)[C@@H]12. The molecule has 5 rings (SSSR count). The summed E-state index contributed by atoms with van der Waals surface area (Å²) in [5, 5.41) is 0. The minimum atomic E-state index is -0.541. The van der Waals surface area contributed by atoms with E-state index in [4.69, 9.17) is 4.74 Å². The van der Waals surface area contributed by atoms with Crippen molar-refractivity contribution in [2.75, 3.05) is 14.1 Å². The Kier molecular flexibility index (Phi) is 6.52. The van der Waals surface area contributed by atoms with Gasteiger partial charge in [0, 0.05) is 25.9 Å². The topological polar surface area (TPSA) is 63.7 Å². The van der Waals surface area contributed by atoms with Gasteiger partial charge >= 0.3 is 12.1 Å². The van der Waals surface area contributed by atoms with Gasteiger partial charge in [0.15, 0.2) is 0 Å². The van der Waals surface area contributed by atoms with Crippen LogP contribution in [-0.2, 0) is 14.3 Å². The standard InChI is InChI=1S/C33H53NO4/c1-20(2)21-12-17-33(27(36)38-28(37)34(8)9)19-18-31(6)22(26(21)33)10-11-24-30(5)15-14-25(35)29(3,4)23(30)13-16-32(24,31)7/h20-24,26H,10-19H2,1-9H3/t21-,22+,23-,24+,26+,30-,31+,32+,33-/m0/s1. The highest BCUT2D eigenvalue weighted by molar-refractivity contribution is 5.88. The van der Waals surface area contributed by atoms with Gasteiger partial charge in [0.2, 0.25) is 0 Å². The summed E-state index contributed by atoms with van der Waals surface area (Å²) in [4.78, 5) is 40.7. The zero-order valence-corrected chi connectivity index (χ0v) is 25.6. The van der Waals surface area contributed by atoms with Crippen LogP contribution >= 0.6 is 0 Å². The second kappa shape index (κ2) is 8.80. The highest BCUT2D eigenvalue weighted by Gasteiger charge is 2.72. The first kappa shape index (κ1) is 28.1. The maximum absolute atomic E-state index is 13.9. The van der Waals surface area contributed by atoms with E-state index in [2.05, 4.69) is 48.5 Å². The fraction of sp³-hybridized carbons (Fsp3) is 0.909. The molecule has 5 heteroatoms. The third-order valence-corrected chi connectivity index (χ3v) is 14.0. The van der Waals surface area contributed by atoms with Crippen LogP contribution in [0, 0.1) is 62.6 Å². The minimum Gasteiger partial charge on any atom is -0.376 e. The number of nitrogens with zero attached hydrogens (tertiary/aromatic N) is 1. The van der Waals surface area contributed by atoms with Crippen molar-refractivity contribution in [1.82, 2.24) is 4.90 Å². The molecule has 0 N–H and O–H groups in total. The Morgan fingerprint density at radius 3 is 2.16 bits per heavy atom. The van der Waals surface area contributed by atoms with Crippen molar-refractivity contribution in [3.8, 4) is 0 Å². The van der Waals surface area contributed by atoms with Crippen LogP contribution in [0.15, 0.2) is 0 Å². The molecule has 0 unspecified atom stereocenters. The molecule has 0 spiro atoms. The summed E-state index contributed by atoms with van der Waals surface area (Å²) in [6.45, 7) is 16.8. The van der Waals surface area contributed by atoms with Gasteiger partial charge in [0.1, 0.15) is 5.78 Å². The average molecular weight is 528 g/mol. The number of rotatable bonds is 2. The molecule has 0 saturated heterocycles. The Morgan fingerprint density at radius 2 is 1.53 bits per heavy atom. The molecule has 0 aromatic carbocycles. The lowest BCUT2D eigenvalue weighted by molar-refractivity contribution is -0.237.